The standard InChI is InChI=1S/C21H16N2O4S/c1-11-6-8-15(17(10-11)28(26)27)23-16-9-7-14(22)18-19(16)21(25)13-5-3-2-4-12(13)20(18)24/h2-10,23H,22H2,1H3,(H,26,27)/p-1. The highest BCUT2D eigenvalue weighted by molar-refractivity contribution is 7.79. The first-order valence-corrected chi connectivity index (χ1v) is 9.54. The molecule has 0 heterocycles. The number of carbonyl (C=O) groups excluding carboxylic acids is 2. The summed E-state index contributed by atoms with van der Waals surface area (Å²) in [6.45, 7) is 1.78. The molecule has 140 valence electrons. The molecule has 7 heteroatoms. The highest BCUT2D eigenvalue weighted by Gasteiger charge is 2.33. The predicted molar refractivity (Wildman–Crippen MR) is 106 cm³/mol. The van der Waals surface area contributed by atoms with Crippen molar-refractivity contribution in [2.45, 2.75) is 11.8 Å². The van der Waals surface area contributed by atoms with Gasteiger partial charge in [-0.3, -0.25) is 13.8 Å². The summed E-state index contributed by atoms with van der Waals surface area (Å²) in [6, 6.07) is 14.6. The van der Waals surface area contributed by atoms with E-state index in [1.165, 1.54) is 12.1 Å². The van der Waals surface area contributed by atoms with Gasteiger partial charge in [-0.15, -0.1) is 0 Å². The second-order valence-electron chi connectivity index (χ2n) is 6.52. The Morgan fingerprint density at radius 2 is 1.50 bits per heavy atom. The number of carbonyl (C=O) groups is 2. The number of ketones is 2. The van der Waals surface area contributed by atoms with Crippen molar-refractivity contribution in [3.8, 4) is 0 Å². The highest BCUT2D eigenvalue weighted by Crippen LogP contribution is 2.37. The lowest BCUT2D eigenvalue weighted by molar-refractivity contribution is 0.0980. The van der Waals surface area contributed by atoms with Gasteiger partial charge in [-0.2, -0.15) is 0 Å². The molecule has 3 N–H and O–H groups in total. The Labute approximate surface area is 163 Å². The number of aryl methyl sites for hydroxylation is 1. The van der Waals surface area contributed by atoms with E-state index in [1.807, 2.05) is 0 Å². The largest absolute Gasteiger partial charge is 0.768 e. The SMILES string of the molecule is Cc1ccc(Nc2ccc(N)c3c2C(=O)c2ccccc2C3=O)c(S(=O)[O-])c1. The first kappa shape index (κ1) is 18.1. The van der Waals surface area contributed by atoms with Gasteiger partial charge in [0.05, 0.1) is 22.5 Å². The Hall–Kier alpha value is -3.29. The second-order valence-corrected chi connectivity index (χ2v) is 7.42. The first-order chi connectivity index (χ1) is 13.4. The van der Waals surface area contributed by atoms with Crippen LogP contribution in [0.4, 0.5) is 17.1 Å². The van der Waals surface area contributed by atoms with Gasteiger partial charge in [-0.25, -0.2) is 0 Å². The van der Waals surface area contributed by atoms with E-state index in [9.17, 15) is 18.4 Å². The van der Waals surface area contributed by atoms with Crippen LogP contribution in [-0.2, 0) is 11.1 Å². The molecule has 1 unspecified atom stereocenters. The van der Waals surface area contributed by atoms with Crippen molar-refractivity contribution in [3.63, 3.8) is 0 Å². The fourth-order valence-electron chi connectivity index (χ4n) is 3.37. The van der Waals surface area contributed by atoms with Crippen LogP contribution >= 0.6 is 0 Å². The molecule has 4 rings (SSSR count). The molecule has 0 fully saturated rings. The molecule has 1 atom stereocenters. The molecule has 0 amide bonds. The average molecular weight is 391 g/mol. The van der Waals surface area contributed by atoms with Crippen LogP contribution in [0.5, 0.6) is 0 Å². The Morgan fingerprint density at radius 1 is 0.893 bits per heavy atom. The summed E-state index contributed by atoms with van der Waals surface area (Å²) >= 11 is -2.47. The van der Waals surface area contributed by atoms with Crippen molar-refractivity contribution in [2.75, 3.05) is 11.1 Å². The first-order valence-electron chi connectivity index (χ1n) is 8.46. The van der Waals surface area contributed by atoms with Crippen LogP contribution in [0.25, 0.3) is 0 Å². The van der Waals surface area contributed by atoms with Crippen molar-refractivity contribution >= 4 is 39.7 Å². The van der Waals surface area contributed by atoms with E-state index in [-0.39, 0.29) is 33.3 Å². The fourth-order valence-corrected chi connectivity index (χ4v) is 3.95. The van der Waals surface area contributed by atoms with Crippen LogP contribution in [0.2, 0.25) is 0 Å². The summed E-state index contributed by atoms with van der Waals surface area (Å²) in [5.41, 5.74) is 8.51. The molecule has 0 bridgehead atoms. The van der Waals surface area contributed by atoms with Gasteiger partial charge < -0.3 is 15.6 Å². The minimum atomic E-state index is -2.47. The normalized spacial score (nSPS) is 13.6. The Bertz CT molecular complexity index is 1190. The summed E-state index contributed by atoms with van der Waals surface area (Å²) < 4.78 is 23.2. The minimum absolute atomic E-state index is 0.0700. The Kier molecular flexibility index (Phi) is 4.33. The molecule has 28 heavy (non-hydrogen) atoms. The second kappa shape index (κ2) is 6.70. The van der Waals surface area contributed by atoms with Crippen molar-refractivity contribution < 1.29 is 18.4 Å². The van der Waals surface area contributed by atoms with E-state index in [0.717, 1.165) is 5.56 Å². The van der Waals surface area contributed by atoms with Gasteiger partial charge in [-0.1, -0.05) is 30.3 Å². The third-order valence-corrected chi connectivity index (χ3v) is 5.39. The molecule has 6 nitrogen and oxygen atoms in total. The topological polar surface area (TPSA) is 112 Å². The van der Waals surface area contributed by atoms with Gasteiger partial charge >= 0.3 is 0 Å². The molecule has 0 saturated carbocycles. The van der Waals surface area contributed by atoms with Crippen LogP contribution in [0.15, 0.2) is 59.5 Å². The number of hydrogen-bond donors (Lipinski definition) is 2. The zero-order chi connectivity index (χ0) is 20.0. The average Bonchev–Trinajstić information content (AvgIpc) is 2.68. The lowest BCUT2D eigenvalue weighted by atomic mass is 9.82. The maximum Gasteiger partial charge on any atom is 0.196 e. The molecule has 1 aliphatic carbocycles. The lowest BCUT2D eigenvalue weighted by Crippen LogP contribution is -2.23. The van der Waals surface area contributed by atoms with E-state index < -0.39 is 11.1 Å². The van der Waals surface area contributed by atoms with E-state index in [0.29, 0.717) is 22.5 Å². The third-order valence-electron chi connectivity index (χ3n) is 4.69. The molecule has 0 aromatic heterocycles. The van der Waals surface area contributed by atoms with Gasteiger partial charge in [0.2, 0.25) is 0 Å². The smallest absolute Gasteiger partial charge is 0.196 e. The zero-order valence-electron chi connectivity index (χ0n) is 14.8. The monoisotopic (exact) mass is 391 g/mol. The summed E-state index contributed by atoms with van der Waals surface area (Å²) in [5.74, 6) is -0.667. The molecule has 0 saturated heterocycles. The molecule has 1 aliphatic rings. The van der Waals surface area contributed by atoms with E-state index in [2.05, 4.69) is 5.32 Å². The van der Waals surface area contributed by atoms with Crippen molar-refractivity contribution in [2.24, 2.45) is 0 Å². The molecule has 0 spiro atoms. The van der Waals surface area contributed by atoms with Crippen molar-refractivity contribution in [3.05, 3.63) is 82.4 Å². The van der Waals surface area contributed by atoms with Crippen LogP contribution in [0.3, 0.4) is 0 Å². The predicted octanol–water partition coefficient (Wildman–Crippen LogP) is 3.33. The number of fused-ring (bicyclic) bond motifs is 2. The van der Waals surface area contributed by atoms with Gasteiger partial charge in [0, 0.05) is 21.7 Å². The molecule has 3 aromatic rings. The molecule has 0 aliphatic heterocycles. The number of hydrogen-bond acceptors (Lipinski definition) is 6. The maximum absolute atomic E-state index is 13.1. The third kappa shape index (κ3) is 2.81. The van der Waals surface area contributed by atoms with Gasteiger partial charge in [0.15, 0.2) is 11.6 Å². The number of benzene rings is 3. The van der Waals surface area contributed by atoms with Gasteiger partial charge in [0.1, 0.15) is 0 Å². The number of nitrogens with two attached hydrogens (primary N) is 1. The lowest BCUT2D eigenvalue weighted by Gasteiger charge is -2.23. The van der Waals surface area contributed by atoms with Crippen LogP contribution in [0, 0.1) is 6.92 Å². The van der Waals surface area contributed by atoms with E-state index in [4.69, 9.17) is 5.73 Å². The number of anilines is 3. The van der Waals surface area contributed by atoms with Gasteiger partial charge in [-0.05, 0) is 47.8 Å². The van der Waals surface area contributed by atoms with E-state index >= 15 is 0 Å². The van der Waals surface area contributed by atoms with Crippen LogP contribution < -0.4 is 11.1 Å². The van der Waals surface area contributed by atoms with Gasteiger partial charge in [0.25, 0.3) is 0 Å². The van der Waals surface area contributed by atoms with Crippen molar-refractivity contribution in [1.29, 1.82) is 0 Å². The zero-order valence-corrected chi connectivity index (χ0v) is 15.6. The minimum Gasteiger partial charge on any atom is -0.768 e. The number of nitrogens with one attached hydrogen (secondary N) is 1. The van der Waals surface area contributed by atoms with E-state index in [1.54, 1.807) is 49.4 Å². The number of rotatable bonds is 3. The van der Waals surface area contributed by atoms with Crippen LogP contribution in [0.1, 0.15) is 37.4 Å². The molecular weight excluding hydrogens is 376 g/mol. The maximum atomic E-state index is 13.1. The molecule has 3 aromatic carbocycles. The quantitative estimate of drug-likeness (QED) is 0.409. The number of nitrogen functional groups attached to an aromatic ring is 1. The molecular formula is C21H15N2O4S-. The highest BCUT2D eigenvalue weighted by atomic mass is 32.2. The Balaban J connectivity index is 1.90. The van der Waals surface area contributed by atoms with Crippen molar-refractivity contribution in [1.82, 2.24) is 0 Å². The van der Waals surface area contributed by atoms with Crippen LogP contribution in [-0.4, -0.2) is 20.3 Å². The summed E-state index contributed by atoms with van der Waals surface area (Å²) in [4.78, 5) is 26.1. The summed E-state index contributed by atoms with van der Waals surface area (Å²) in [5, 5.41) is 3.00. The fraction of sp³-hybridized carbons (Fsp3) is 0.0476. The Morgan fingerprint density at radius 3 is 2.14 bits per heavy atom. The summed E-state index contributed by atoms with van der Waals surface area (Å²) in [7, 11) is 0. The summed E-state index contributed by atoms with van der Waals surface area (Å²) in [6.07, 6.45) is 0. The molecule has 0 radical (unpaired) electrons.